The normalized spacial score (nSPS) is 11.5. The van der Waals surface area contributed by atoms with Crippen LogP contribution in [0.25, 0.3) is 108 Å². The molecule has 0 unspecified atom stereocenters. The average Bonchev–Trinajstić information content (AvgIpc) is 3.80. The first kappa shape index (κ1) is 39.8. The van der Waals surface area contributed by atoms with Crippen LogP contribution in [0.3, 0.4) is 0 Å². The predicted molar refractivity (Wildman–Crippen MR) is 294 cm³/mol. The molecule has 1 heterocycles. The van der Waals surface area contributed by atoms with Gasteiger partial charge in [-0.3, -0.25) is 0 Å². The van der Waals surface area contributed by atoms with Gasteiger partial charge in [0.25, 0.3) is 0 Å². The lowest BCUT2D eigenvalue weighted by atomic mass is 9.92. The van der Waals surface area contributed by atoms with Gasteiger partial charge in [-0.25, -0.2) is 0 Å². The molecule has 0 N–H and O–H groups in total. The summed E-state index contributed by atoms with van der Waals surface area (Å²) in [7, 11) is 0. The van der Waals surface area contributed by atoms with Gasteiger partial charge in [0.1, 0.15) is 0 Å². The van der Waals surface area contributed by atoms with Gasteiger partial charge >= 0.3 is 0 Å². The number of nitrogens with zero attached hydrogens (tertiary/aromatic N) is 1. The molecule has 13 rings (SSSR count). The van der Waals surface area contributed by atoms with Gasteiger partial charge in [0.05, 0.1) is 0 Å². The van der Waals surface area contributed by atoms with Crippen molar-refractivity contribution >= 4 is 80.9 Å². The van der Waals surface area contributed by atoms with Gasteiger partial charge in [0, 0.05) is 37.2 Å². The van der Waals surface area contributed by atoms with Crippen LogP contribution in [0, 0.1) is 0 Å². The third kappa shape index (κ3) is 7.11. The van der Waals surface area contributed by atoms with Gasteiger partial charge in [-0.2, -0.15) is 0 Å². The first-order valence-electron chi connectivity index (χ1n) is 23.3. The lowest BCUT2D eigenvalue weighted by Crippen LogP contribution is -2.09. The molecule has 0 atom stereocenters. The number of thiophene rings is 1. The highest BCUT2D eigenvalue weighted by atomic mass is 32.1. The fraction of sp³-hybridized carbons (Fsp3) is 0. The number of hydrogen-bond donors (Lipinski definition) is 0. The third-order valence-corrected chi connectivity index (χ3v) is 14.9. The number of hydrogen-bond acceptors (Lipinski definition) is 2. The van der Waals surface area contributed by atoms with Crippen molar-refractivity contribution in [2.24, 2.45) is 0 Å². The zero-order valence-corrected chi connectivity index (χ0v) is 38.0. The van der Waals surface area contributed by atoms with E-state index in [0.717, 1.165) is 17.1 Å². The largest absolute Gasteiger partial charge is 0.311 e. The van der Waals surface area contributed by atoms with E-state index in [1.165, 1.54) is 108 Å². The standard InChI is InChI=1S/C66H43NS/c1-2-10-44(11-3-1)47-26-34-54(35-27-47)67(56-38-30-49(31-39-56)46-20-24-51(25-21-46)53-33-41-66-64(43-53)62-16-8-9-17-65(62)68-66)55-36-28-48(29-37-55)45-18-22-50(23-19-45)52-32-40-61-59-14-5-4-12-57(59)58-13-6-7-15-60(58)63(61)42-52/h1-43H. The summed E-state index contributed by atoms with van der Waals surface area (Å²) in [6.45, 7) is 0. The molecular formula is C66H43NS. The van der Waals surface area contributed by atoms with Crippen molar-refractivity contribution < 1.29 is 0 Å². The molecule has 2 heteroatoms. The molecule has 13 aromatic rings. The minimum atomic E-state index is 1.10. The van der Waals surface area contributed by atoms with Crippen molar-refractivity contribution in [3.63, 3.8) is 0 Å². The summed E-state index contributed by atoms with van der Waals surface area (Å²) in [5, 5.41) is 10.4. The van der Waals surface area contributed by atoms with Crippen molar-refractivity contribution in [3.8, 4) is 55.6 Å². The molecule has 1 nitrogen and oxygen atoms in total. The van der Waals surface area contributed by atoms with Gasteiger partial charge < -0.3 is 4.90 Å². The Morgan fingerprint density at radius 2 is 0.485 bits per heavy atom. The van der Waals surface area contributed by atoms with E-state index in [2.05, 4.69) is 266 Å². The second-order valence-electron chi connectivity index (χ2n) is 17.7. The molecule has 0 saturated carbocycles. The van der Waals surface area contributed by atoms with E-state index in [1.54, 1.807) is 0 Å². The van der Waals surface area contributed by atoms with Crippen LogP contribution in [-0.2, 0) is 0 Å². The molecule has 0 aliphatic heterocycles. The van der Waals surface area contributed by atoms with E-state index < -0.39 is 0 Å². The van der Waals surface area contributed by atoms with E-state index in [-0.39, 0.29) is 0 Å². The highest BCUT2D eigenvalue weighted by molar-refractivity contribution is 7.25. The molecule has 0 spiro atoms. The smallest absolute Gasteiger partial charge is 0.0462 e. The van der Waals surface area contributed by atoms with Gasteiger partial charge in [0.2, 0.25) is 0 Å². The summed E-state index contributed by atoms with van der Waals surface area (Å²) in [6, 6.07) is 95.5. The lowest BCUT2D eigenvalue weighted by molar-refractivity contribution is 1.28. The summed E-state index contributed by atoms with van der Waals surface area (Å²) < 4.78 is 2.66. The Morgan fingerprint density at radius 3 is 0.956 bits per heavy atom. The molecule has 0 saturated heterocycles. The van der Waals surface area contributed by atoms with Crippen molar-refractivity contribution in [3.05, 3.63) is 261 Å². The molecule has 0 amide bonds. The SMILES string of the molecule is c1ccc(-c2ccc(N(c3ccc(-c4ccc(-c5ccc6sc7ccccc7c6c5)cc4)cc3)c3ccc(-c4ccc(-c5ccc6c7ccccc7c7ccccc7c6c5)cc4)cc3)cc2)cc1. The van der Waals surface area contributed by atoms with Crippen LogP contribution in [0.1, 0.15) is 0 Å². The van der Waals surface area contributed by atoms with Gasteiger partial charge in [-0.05, 0) is 149 Å². The van der Waals surface area contributed by atoms with Gasteiger partial charge in [-0.15, -0.1) is 11.3 Å². The summed E-state index contributed by atoms with van der Waals surface area (Å²) in [4.78, 5) is 2.35. The van der Waals surface area contributed by atoms with Crippen molar-refractivity contribution in [2.75, 3.05) is 4.90 Å². The van der Waals surface area contributed by atoms with Crippen molar-refractivity contribution in [2.45, 2.75) is 0 Å². The fourth-order valence-electron chi connectivity index (χ4n) is 10.2. The predicted octanol–water partition coefficient (Wildman–Crippen LogP) is 19.3. The highest BCUT2D eigenvalue weighted by Crippen LogP contribution is 2.41. The number of fused-ring (bicyclic) bond motifs is 9. The summed E-state index contributed by atoms with van der Waals surface area (Å²) in [6.07, 6.45) is 0. The average molecular weight is 882 g/mol. The van der Waals surface area contributed by atoms with E-state index >= 15 is 0 Å². The van der Waals surface area contributed by atoms with Crippen molar-refractivity contribution in [1.29, 1.82) is 0 Å². The van der Waals surface area contributed by atoms with Crippen LogP contribution in [0.2, 0.25) is 0 Å². The summed E-state index contributed by atoms with van der Waals surface area (Å²) in [5.41, 5.74) is 15.3. The van der Waals surface area contributed by atoms with E-state index in [0.29, 0.717) is 0 Å². The monoisotopic (exact) mass is 881 g/mol. The van der Waals surface area contributed by atoms with Gasteiger partial charge in [0.15, 0.2) is 0 Å². The molecule has 0 radical (unpaired) electrons. The topological polar surface area (TPSA) is 3.24 Å². The quantitative estimate of drug-likeness (QED) is 0.137. The number of rotatable bonds is 8. The second kappa shape index (κ2) is 16.7. The minimum absolute atomic E-state index is 1.10. The zero-order chi connectivity index (χ0) is 45.0. The maximum Gasteiger partial charge on any atom is 0.0462 e. The Bertz CT molecular complexity index is 3930. The Hall–Kier alpha value is -8.56. The Kier molecular flexibility index (Phi) is 9.77. The van der Waals surface area contributed by atoms with Gasteiger partial charge in [-0.1, -0.05) is 200 Å². The maximum atomic E-state index is 2.37. The highest BCUT2D eigenvalue weighted by Gasteiger charge is 2.15. The molecule has 0 bridgehead atoms. The Balaban J connectivity index is 0.795. The molecule has 318 valence electrons. The molecule has 12 aromatic carbocycles. The molecule has 68 heavy (non-hydrogen) atoms. The van der Waals surface area contributed by atoms with E-state index in [9.17, 15) is 0 Å². The van der Waals surface area contributed by atoms with Crippen LogP contribution in [-0.4, -0.2) is 0 Å². The molecule has 0 aliphatic rings. The van der Waals surface area contributed by atoms with E-state index in [1.807, 2.05) is 11.3 Å². The Morgan fingerprint density at radius 1 is 0.191 bits per heavy atom. The minimum Gasteiger partial charge on any atom is -0.311 e. The second-order valence-corrected chi connectivity index (χ2v) is 18.7. The lowest BCUT2D eigenvalue weighted by Gasteiger charge is -2.26. The summed E-state index contributed by atoms with van der Waals surface area (Å²) >= 11 is 1.86. The maximum absolute atomic E-state index is 2.37. The van der Waals surface area contributed by atoms with Crippen LogP contribution >= 0.6 is 11.3 Å². The van der Waals surface area contributed by atoms with Crippen LogP contribution < -0.4 is 4.90 Å². The summed E-state index contributed by atoms with van der Waals surface area (Å²) in [5.74, 6) is 0. The number of anilines is 3. The molecule has 0 fully saturated rings. The first-order chi connectivity index (χ1) is 33.7. The fourth-order valence-corrected chi connectivity index (χ4v) is 11.3. The van der Waals surface area contributed by atoms with Crippen LogP contribution in [0.4, 0.5) is 17.1 Å². The first-order valence-corrected chi connectivity index (χ1v) is 24.1. The van der Waals surface area contributed by atoms with Crippen molar-refractivity contribution in [1.82, 2.24) is 0 Å². The Labute approximate surface area is 400 Å². The number of benzene rings is 12. The van der Waals surface area contributed by atoms with Crippen LogP contribution in [0.5, 0.6) is 0 Å². The zero-order valence-electron chi connectivity index (χ0n) is 37.2. The molecule has 1 aromatic heterocycles. The third-order valence-electron chi connectivity index (χ3n) is 13.7. The van der Waals surface area contributed by atoms with Crippen LogP contribution in [0.15, 0.2) is 261 Å². The molecule has 0 aliphatic carbocycles. The molecular weight excluding hydrogens is 839 g/mol. The van der Waals surface area contributed by atoms with E-state index in [4.69, 9.17) is 0 Å².